The topological polar surface area (TPSA) is 82.4 Å². The van der Waals surface area contributed by atoms with E-state index in [0.29, 0.717) is 30.2 Å². The van der Waals surface area contributed by atoms with Crippen molar-refractivity contribution in [3.05, 3.63) is 12.4 Å². The lowest BCUT2D eigenvalue weighted by Crippen LogP contribution is -2.48. The predicted octanol–water partition coefficient (Wildman–Crippen LogP) is 1.22. The number of methoxy groups -OCH3 is 1. The number of hydrogen-bond donors (Lipinski definition) is 0. The van der Waals surface area contributed by atoms with Crippen molar-refractivity contribution in [1.82, 2.24) is 24.9 Å². The second-order valence-corrected chi connectivity index (χ2v) is 7.91. The summed E-state index contributed by atoms with van der Waals surface area (Å²) in [5, 5.41) is 9.17. The molecule has 2 aliphatic carbocycles. The fourth-order valence-corrected chi connectivity index (χ4v) is 4.82. The molecule has 0 bridgehead atoms. The number of carbonyl (C=O) groups is 1. The Morgan fingerprint density at radius 3 is 2.96 bits per heavy atom. The molecule has 0 aromatic carbocycles. The minimum absolute atomic E-state index is 0.137. The van der Waals surface area contributed by atoms with E-state index in [0.717, 1.165) is 36.5 Å². The van der Waals surface area contributed by atoms with Crippen molar-refractivity contribution in [1.29, 1.82) is 0 Å². The monoisotopic (exact) mass is 361 g/mol. The number of carbonyl (C=O) groups excluding carboxylic acids is 1. The molecule has 2 aromatic rings. The van der Waals surface area contributed by atoms with E-state index in [1.165, 1.54) is 11.3 Å². The van der Waals surface area contributed by atoms with Crippen molar-refractivity contribution in [3.8, 4) is 15.8 Å². The Balaban J connectivity index is 1.27. The van der Waals surface area contributed by atoms with Gasteiger partial charge in [0.2, 0.25) is 5.91 Å². The summed E-state index contributed by atoms with van der Waals surface area (Å²) >= 11 is 1.45. The number of amides is 1. The molecular formula is C16H19N5O3S. The maximum atomic E-state index is 12.8. The lowest BCUT2D eigenvalue weighted by molar-refractivity contribution is -0.145. The van der Waals surface area contributed by atoms with Gasteiger partial charge in [0.05, 0.1) is 49.1 Å². The molecule has 0 unspecified atom stereocenters. The highest BCUT2D eigenvalue weighted by molar-refractivity contribution is 7.16. The minimum Gasteiger partial charge on any atom is -0.473 e. The van der Waals surface area contributed by atoms with Crippen LogP contribution < -0.4 is 4.74 Å². The van der Waals surface area contributed by atoms with E-state index in [9.17, 15) is 4.79 Å². The van der Waals surface area contributed by atoms with Gasteiger partial charge in [0.25, 0.3) is 5.19 Å². The quantitative estimate of drug-likeness (QED) is 0.814. The zero-order valence-electron chi connectivity index (χ0n) is 13.9. The number of ether oxygens (including phenoxy) is 2. The van der Waals surface area contributed by atoms with E-state index >= 15 is 0 Å². The normalized spacial score (nSPS) is 30.5. The van der Waals surface area contributed by atoms with E-state index in [4.69, 9.17) is 9.47 Å². The number of thiazole rings is 1. The fraction of sp³-hybridized carbons (Fsp3) is 0.625. The van der Waals surface area contributed by atoms with Crippen molar-refractivity contribution in [2.45, 2.75) is 18.9 Å². The lowest BCUT2D eigenvalue weighted by Gasteiger charge is -2.38. The van der Waals surface area contributed by atoms with Crippen LogP contribution in [-0.2, 0) is 9.53 Å². The van der Waals surface area contributed by atoms with Gasteiger partial charge in [0.15, 0.2) is 0 Å². The first-order chi connectivity index (χ1) is 12.2. The molecule has 5 rings (SSSR count). The van der Waals surface area contributed by atoms with Crippen LogP contribution in [0.5, 0.6) is 5.19 Å². The molecule has 3 heterocycles. The van der Waals surface area contributed by atoms with E-state index in [1.54, 1.807) is 13.3 Å². The molecule has 8 nitrogen and oxygen atoms in total. The van der Waals surface area contributed by atoms with Crippen LogP contribution in [0, 0.1) is 11.3 Å². The Kier molecular flexibility index (Phi) is 3.36. The van der Waals surface area contributed by atoms with E-state index in [-0.39, 0.29) is 11.5 Å². The highest BCUT2D eigenvalue weighted by Gasteiger charge is 2.73. The zero-order valence-corrected chi connectivity index (χ0v) is 14.7. The molecule has 132 valence electrons. The van der Waals surface area contributed by atoms with Gasteiger partial charge in [0, 0.05) is 13.1 Å². The SMILES string of the molecule is COc1ncc(-c2cn([C@@H]3C[C@@]4(C(=O)N5CCOCC5)C[C@@H]34)nn2)s1. The maximum Gasteiger partial charge on any atom is 0.273 e. The summed E-state index contributed by atoms with van der Waals surface area (Å²) in [6.07, 6.45) is 5.54. The first-order valence-electron chi connectivity index (χ1n) is 8.50. The van der Waals surface area contributed by atoms with Crippen LogP contribution in [-0.4, -0.2) is 64.2 Å². The summed E-state index contributed by atoms with van der Waals surface area (Å²) in [6.45, 7) is 2.75. The molecule has 3 atom stereocenters. The van der Waals surface area contributed by atoms with Gasteiger partial charge in [-0.1, -0.05) is 16.6 Å². The molecule has 1 saturated heterocycles. The number of aromatic nitrogens is 4. The largest absolute Gasteiger partial charge is 0.473 e. The Morgan fingerprint density at radius 2 is 2.24 bits per heavy atom. The van der Waals surface area contributed by atoms with Gasteiger partial charge in [0.1, 0.15) is 5.69 Å². The Morgan fingerprint density at radius 1 is 1.40 bits per heavy atom. The van der Waals surface area contributed by atoms with Gasteiger partial charge in [-0.3, -0.25) is 4.79 Å². The molecular weight excluding hydrogens is 342 g/mol. The molecule has 2 aromatic heterocycles. The van der Waals surface area contributed by atoms with Crippen LogP contribution >= 0.6 is 11.3 Å². The lowest BCUT2D eigenvalue weighted by atomic mass is 9.79. The summed E-state index contributed by atoms with van der Waals surface area (Å²) in [7, 11) is 1.60. The Hall–Kier alpha value is -2.00. The van der Waals surface area contributed by atoms with Crippen LogP contribution in [0.1, 0.15) is 18.9 Å². The molecule has 25 heavy (non-hydrogen) atoms. The van der Waals surface area contributed by atoms with Crippen LogP contribution in [0.15, 0.2) is 12.4 Å². The standard InChI is InChI=1S/C16H19N5O3S/c1-23-15-17-8-13(25-15)11-9-21(19-18-11)12-7-16(6-10(12)16)14(22)20-2-4-24-5-3-20/h8-10,12H,2-7H2,1H3/t10-,12+,16-/m0/s1. The molecule has 0 N–H and O–H groups in total. The number of rotatable bonds is 4. The van der Waals surface area contributed by atoms with Gasteiger partial charge < -0.3 is 14.4 Å². The molecule has 3 aliphatic rings. The molecule has 0 radical (unpaired) electrons. The van der Waals surface area contributed by atoms with E-state index in [2.05, 4.69) is 15.3 Å². The Bertz CT molecular complexity index is 814. The average molecular weight is 361 g/mol. The third kappa shape index (κ3) is 2.29. The predicted molar refractivity (Wildman–Crippen MR) is 89.3 cm³/mol. The third-order valence-corrected chi connectivity index (χ3v) is 6.64. The zero-order chi connectivity index (χ0) is 17.0. The molecule has 3 fully saturated rings. The highest BCUT2D eigenvalue weighted by atomic mass is 32.1. The van der Waals surface area contributed by atoms with Crippen molar-refractivity contribution in [2.24, 2.45) is 11.3 Å². The minimum atomic E-state index is -0.137. The van der Waals surface area contributed by atoms with Crippen molar-refractivity contribution >= 4 is 17.2 Å². The fourth-order valence-electron chi connectivity index (χ4n) is 4.14. The van der Waals surface area contributed by atoms with Gasteiger partial charge in [-0.2, -0.15) is 0 Å². The third-order valence-electron chi connectivity index (χ3n) is 5.66. The van der Waals surface area contributed by atoms with Gasteiger partial charge in [-0.05, 0) is 18.8 Å². The first kappa shape index (κ1) is 15.3. The summed E-state index contributed by atoms with van der Waals surface area (Å²) in [5.41, 5.74) is 0.667. The summed E-state index contributed by atoms with van der Waals surface area (Å²) < 4.78 is 12.4. The number of fused-ring (bicyclic) bond motifs is 1. The average Bonchev–Trinajstić information content (AvgIpc) is 3.07. The number of hydrogen-bond acceptors (Lipinski definition) is 7. The summed E-state index contributed by atoms with van der Waals surface area (Å²) in [6, 6.07) is 0.279. The van der Waals surface area contributed by atoms with Gasteiger partial charge in [-0.25, -0.2) is 9.67 Å². The van der Waals surface area contributed by atoms with Crippen molar-refractivity contribution in [3.63, 3.8) is 0 Å². The van der Waals surface area contributed by atoms with Crippen LogP contribution in [0.4, 0.5) is 0 Å². The van der Waals surface area contributed by atoms with E-state index in [1.807, 2.05) is 15.8 Å². The second-order valence-electron chi connectivity index (χ2n) is 6.92. The first-order valence-corrected chi connectivity index (χ1v) is 9.32. The van der Waals surface area contributed by atoms with E-state index < -0.39 is 0 Å². The molecule has 1 aliphatic heterocycles. The van der Waals surface area contributed by atoms with Gasteiger partial charge >= 0.3 is 0 Å². The maximum absolute atomic E-state index is 12.8. The summed E-state index contributed by atoms with van der Waals surface area (Å²) in [5.74, 6) is 0.706. The highest BCUT2D eigenvalue weighted by Crippen LogP contribution is 2.73. The Labute approximate surface area is 148 Å². The smallest absolute Gasteiger partial charge is 0.273 e. The van der Waals surface area contributed by atoms with Crippen molar-refractivity contribution in [2.75, 3.05) is 33.4 Å². The van der Waals surface area contributed by atoms with Crippen LogP contribution in [0.2, 0.25) is 0 Å². The molecule has 9 heteroatoms. The van der Waals surface area contributed by atoms with Crippen LogP contribution in [0.3, 0.4) is 0 Å². The summed E-state index contributed by atoms with van der Waals surface area (Å²) in [4.78, 5) is 19.9. The van der Waals surface area contributed by atoms with Crippen LogP contribution in [0.25, 0.3) is 10.6 Å². The molecule has 0 spiro atoms. The number of nitrogens with zero attached hydrogens (tertiary/aromatic N) is 5. The van der Waals surface area contributed by atoms with Gasteiger partial charge in [-0.15, -0.1) is 5.10 Å². The van der Waals surface area contributed by atoms with Crippen molar-refractivity contribution < 1.29 is 14.3 Å². The molecule has 2 saturated carbocycles. The molecule has 1 amide bonds. The number of morpholine rings is 1. The second kappa shape index (κ2) is 5.50.